The highest BCUT2D eigenvalue weighted by Gasteiger charge is 2.24. The van der Waals surface area contributed by atoms with Crippen LogP contribution in [0.1, 0.15) is 40.0 Å². The van der Waals surface area contributed by atoms with Crippen molar-refractivity contribution in [1.29, 1.82) is 0 Å². The van der Waals surface area contributed by atoms with Gasteiger partial charge in [0.25, 0.3) is 0 Å². The minimum Gasteiger partial charge on any atom is -0.466 e. The Morgan fingerprint density at radius 3 is 2.54 bits per heavy atom. The molecule has 76 valence electrons. The zero-order valence-electron chi connectivity index (χ0n) is 8.88. The monoisotopic (exact) mass is 184 g/mol. The molecule has 0 heterocycles. The topological polar surface area (TPSA) is 26.3 Å². The summed E-state index contributed by atoms with van der Waals surface area (Å²) in [4.78, 5) is 10.6. The van der Waals surface area contributed by atoms with Gasteiger partial charge in [0.2, 0.25) is 0 Å². The van der Waals surface area contributed by atoms with Crippen LogP contribution in [0.4, 0.5) is 0 Å². The number of hydrogen-bond donors (Lipinski definition) is 0. The molecule has 0 aromatic heterocycles. The highest BCUT2D eigenvalue weighted by atomic mass is 16.5. The second-order valence-electron chi connectivity index (χ2n) is 4.44. The molecule has 1 saturated carbocycles. The van der Waals surface area contributed by atoms with Crippen LogP contribution in [-0.4, -0.2) is 12.6 Å². The molecule has 2 nitrogen and oxygen atoms in total. The van der Waals surface area contributed by atoms with Crippen molar-refractivity contribution < 1.29 is 9.53 Å². The number of hydrogen-bond acceptors (Lipinski definition) is 2. The Kier molecular flexibility index (Phi) is 3.76. The first-order valence-corrected chi connectivity index (χ1v) is 5.23. The standard InChI is InChI=1S/C11H20O2/c1-8-4-5-11(6-9(8)2)7-13-10(3)12/h8-9,11H,4-7H2,1-3H3/t8?,9-,11+/m0/s1. The van der Waals surface area contributed by atoms with Crippen molar-refractivity contribution in [2.24, 2.45) is 17.8 Å². The van der Waals surface area contributed by atoms with Crippen molar-refractivity contribution in [2.45, 2.75) is 40.0 Å². The van der Waals surface area contributed by atoms with Crippen LogP contribution in [0.2, 0.25) is 0 Å². The van der Waals surface area contributed by atoms with Gasteiger partial charge in [-0.2, -0.15) is 0 Å². The molecule has 3 atom stereocenters. The quantitative estimate of drug-likeness (QED) is 0.617. The summed E-state index contributed by atoms with van der Waals surface area (Å²) in [6.07, 6.45) is 3.72. The third kappa shape index (κ3) is 3.37. The molecule has 0 saturated heterocycles. The van der Waals surface area contributed by atoms with Gasteiger partial charge in [-0.05, 0) is 30.6 Å². The first kappa shape index (κ1) is 10.6. The van der Waals surface area contributed by atoms with E-state index in [2.05, 4.69) is 13.8 Å². The van der Waals surface area contributed by atoms with Gasteiger partial charge in [-0.25, -0.2) is 0 Å². The van der Waals surface area contributed by atoms with Crippen LogP contribution in [0.3, 0.4) is 0 Å². The van der Waals surface area contributed by atoms with Crippen molar-refractivity contribution in [1.82, 2.24) is 0 Å². The molecule has 0 amide bonds. The van der Waals surface area contributed by atoms with Crippen LogP contribution in [0.5, 0.6) is 0 Å². The number of carbonyl (C=O) groups is 1. The lowest BCUT2D eigenvalue weighted by atomic mass is 9.76. The molecule has 2 heteroatoms. The molecular formula is C11H20O2. The Morgan fingerprint density at radius 1 is 1.31 bits per heavy atom. The summed E-state index contributed by atoms with van der Waals surface area (Å²) in [7, 11) is 0. The first-order chi connectivity index (χ1) is 6.09. The molecule has 0 aromatic rings. The van der Waals surface area contributed by atoms with E-state index >= 15 is 0 Å². The van der Waals surface area contributed by atoms with Crippen LogP contribution < -0.4 is 0 Å². The Balaban J connectivity index is 2.25. The Morgan fingerprint density at radius 2 is 2.00 bits per heavy atom. The van der Waals surface area contributed by atoms with Gasteiger partial charge in [-0.15, -0.1) is 0 Å². The van der Waals surface area contributed by atoms with Crippen LogP contribution in [-0.2, 0) is 9.53 Å². The van der Waals surface area contributed by atoms with E-state index in [1.54, 1.807) is 0 Å². The predicted molar refractivity (Wildman–Crippen MR) is 52.3 cm³/mol. The predicted octanol–water partition coefficient (Wildman–Crippen LogP) is 2.62. The minimum absolute atomic E-state index is 0.147. The maximum Gasteiger partial charge on any atom is 0.302 e. The summed E-state index contributed by atoms with van der Waals surface area (Å²) in [6.45, 7) is 6.72. The molecule has 13 heavy (non-hydrogen) atoms. The van der Waals surface area contributed by atoms with E-state index in [-0.39, 0.29) is 5.97 Å². The van der Waals surface area contributed by atoms with Crippen molar-refractivity contribution in [2.75, 3.05) is 6.61 Å². The Bertz CT molecular complexity index is 177. The maximum absolute atomic E-state index is 10.6. The number of carbonyl (C=O) groups excluding carboxylic acids is 1. The van der Waals surface area contributed by atoms with E-state index in [1.165, 1.54) is 26.2 Å². The summed E-state index contributed by atoms with van der Waals surface area (Å²) < 4.78 is 5.03. The van der Waals surface area contributed by atoms with Gasteiger partial charge in [0.05, 0.1) is 6.61 Å². The summed E-state index contributed by atoms with van der Waals surface area (Å²) in [5.74, 6) is 2.09. The second-order valence-corrected chi connectivity index (χ2v) is 4.44. The van der Waals surface area contributed by atoms with E-state index in [9.17, 15) is 4.79 Å². The highest BCUT2D eigenvalue weighted by Crippen LogP contribution is 2.33. The van der Waals surface area contributed by atoms with Crippen LogP contribution in [0, 0.1) is 17.8 Å². The number of ether oxygens (including phenoxy) is 1. The van der Waals surface area contributed by atoms with E-state index in [0.29, 0.717) is 12.5 Å². The third-order valence-corrected chi connectivity index (χ3v) is 3.23. The summed E-state index contributed by atoms with van der Waals surface area (Å²) in [6, 6.07) is 0. The summed E-state index contributed by atoms with van der Waals surface area (Å²) >= 11 is 0. The second kappa shape index (κ2) is 4.64. The zero-order chi connectivity index (χ0) is 9.84. The fraction of sp³-hybridized carbons (Fsp3) is 0.909. The molecular weight excluding hydrogens is 164 g/mol. The lowest BCUT2D eigenvalue weighted by Crippen LogP contribution is -2.24. The maximum atomic E-state index is 10.6. The molecule has 0 aromatic carbocycles. The van der Waals surface area contributed by atoms with E-state index in [0.717, 1.165) is 11.8 Å². The minimum atomic E-state index is -0.147. The molecule has 0 radical (unpaired) electrons. The van der Waals surface area contributed by atoms with E-state index in [4.69, 9.17) is 4.74 Å². The van der Waals surface area contributed by atoms with Crippen molar-refractivity contribution >= 4 is 5.97 Å². The highest BCUT2D eigenvalue weighted by molar-refractivity contribution is 5.65. The fourth-order valence-electron chi connectivity index (χ4n) is 2.05. The lowest BCUT2D eigenvalue weighted by Gasteiger charge is -2.31. The molecule has 1 aliphatic carbocycles. The van der Waals surface area contributed by atoms with Crippen LogP contribution in [0.15, 0.2) is 0 Å². The molecule has 1 rings (SSSR count). The normalized spacial score (nSPS) is 34.2. The Labute approximate surface area is 80.7 Å². The molecule has 1 aliphatic rings. The van der Waals surface area contributed by atoms with Gasteiger partial charge in [0.15, 0.2) is 0 Å². The van der Waals surface area contributed by atoms with Gasteiger partial charge in [0.1, 0.15) is 0 Å². The molecule has 1 unspecified atom stereocenters. The van der Waals surface area contributed by atoms with Crippen LogP contribution in [0.25, 0.3) is 0 Å². The van der Waals surface area contributed by atoms with Gasteiger partial charge < -0.3 is 4.74 Å². The van der Waals surface area contributed by atoms with Crippen molar-refractivity contribution in [3.05, 3.63) is 0 Å². The third-order valence-electron chi connectivity index (χ3n) is 3.23. The molecule has 0 spiro atoms. The largest absolute Gasteiger partial charge is 0.466 e. The molecule has 1 fully saturated rings. The summed E-state index contributed by atoms with van der Waals surface area (Å²) in [5, 5.41) is 0. The lowest BCUT2D eigenvalue weighted by molar-refractivity contribution is -0.142. The van der Waals surface area contributed by atoms with Crippen LogP contribution >= 0.6 is 0 Å². The van der Waals surface area contributed by atoms with E-state index < -0.39 is 0 Å². The number of esters is 1. The average Bonchev–Trinajstić information content (AvgIpc) is 2.07. The van der Waals surface area contributed by atoms with Gasteiger partial charge in [-0.1, -0.05) is 20.3 Å². The molecule has 0 aliphatic heterocycles. The molecule has 0 bridgehead atoms. The van der Waals surface area contributed by atoms with Crippen molar-refractivity contribution in [3.63, 3.8) is 0 Å². The van der Waals surface area contributed by atoms with E-state index in [1.807, 2.05) is 0 Å². The molecule has 0 N–H and O–H groups in total. The average molecular weight is 184 g/mol. The number of rotatable bonds is 2. The first-order valence-electron chi connectivity index (χ1n) is 5.23. The van der Waals surface area contributed by atoms with Gasteiger partial charge in [0, 0.05) is 6.92 Å². The fourth-order valence-corrected chi connectivity index (χ4v) is 2.05. The van der Waals surface area contributed by atoms with Gasteiger partial charge >= 0.3 is 5.97 Å². The Hall–Kier alpha value is -0.530. The zero-order valence-corrected chi connectivity index (χ0v) is 8.88. The summed E-state index contributed by atoms with van der Waals surface area (Å²) in [5.41, 5.74) is 0. The van der Waals surface area contributed by atoms with Crippen molar-refractivity contribution in [3.8, 4) is 0 Å². The SMILES string of the molecule is CC(=O)OC[C@@H]1CCC(C)[C@@H](C)C1. The van der Waals surface area contributed by atoms with Gasteiger partial charge in [-0.3, -0.25) is 4.79 Å². The smallest absolute Gasteiger partial charge is 0.302 e.